The first kappa shape index (κ1) is 14.4. The maximum Gasteiger partial charge on any atom is 0.355 e. The van der Waals surface area contributed by atoms with Crippen molar-refractivity contribution < 1.29 is 19.4 Å². The molecule has 18 heavy (non-hydrogen) atoms. The van der Waals surface area contributed by atoms with Crippen LogP contribution in [0.15, 0.2) is 5.38 Å². The van der Waals surface area contributed by atoms with Crippen LogP contribution in [0.2, 0.25) is 0 Å². The lowest BCUT2D eigenvalue weighted by Gasteiger charge is -2.11. The minimum atomic E-state index is -1.07. The maximum atomic E-state index is 11.4. The van der Waals surface area contributed by atoms with E-state index in [1.165, 1.54) is 16.7 Å². The van der Waals surface area contributed by atoms with Crippen LogP contribution in [0.5, 0.6) is 0 Å². The van der Waals surface area contributed by atoms with Gasteiger partial charge in [-0.15, -0.1) is 11.3 Å². The number of nitrogens with zero attached hydrogens (tertiary/aromatic N) is 1. The Morgan fingerprint density at radius 2 is 2.33 bits per heavy atom. The van der Waals surface area contributed by atoms with Crippen LogP contribution in [0.25, 0.3) is 0 Å². The zero-order chi connectivity index (χ0) is 13.5. The number of carbonyl (C=O) groups excluding carboxylic acids is 1. The number of thiazole rings is 1. The number of rotatable bonds is 6. The fraction of sp³-hybridized carbons (Fsp3) is 0.500. The SMILES string of the molecule is COCCNC(=O)NC(C)c1nc(C(=O)O)cs1. The molecule has 0 fully saturated rings. The Balaban J connectivity index is 2.46. The zero-order valence-electron chi connectivity index (χ0n) is 10.1. The maximum absolute atomic E-state index is 11.4. The number of hydrogen-bond acceptors (Lipinski definition) is 5. The second-order valence-corrected chi connectivity index (χ2v) is 4.38. The second-order valence-electron chi connectivity index (χ2n) is 3.49. The van der Waals surface area contributed by atoms with Crippen molar-refractivity contribution in [1.82, 2.24) is 15.6 Å². The summed E-state index contributed by atoms with van der Waals surface area (Å²) in [4.78, 5) is 26.0. The number of amides is 2. The lowest BCUT2D eigenvalue weighted by atomic mass is 10.3. The lowest BCUT2D eigenvalue weighted by molar-refractivity contribution is 0.0691. The third kappa shape index (κ3) is 4.30. The predicted molar refractivity (Wildman–Crippen MR) is 65.9 cm³/mol. The van der Waals surface area contributed by atoms with Crippen LogP contribution in [0, 0.1) is 0 Å². The molecule has 0 radical (unpaired) electrons. The molecule has 1 aromatic rings. The molecular formula is C10H15N3O4S. The number of ether oxygens (including phenoxy) is 1. The molecule has 0 bridgehead atoms. The first-order valence-electron chi connectivity index (χ1n) is 5.26. The molecule has 3 N–H and O–H groups in total. The van der Waals surface area contributed by atoms with Gasteiger partial charge in [0.1, 0.15) is 5.01 Å². The largest absolute Gasteiger partial charge is 0.476 e. The van der Waals surface area contributed by atoms with Crippen molar-refractivity contribution in [3.63, 3.8) is 0 Å². The van der Waals surface area contributed by atoms with E-state index in [2.05, 4.69) is 15.6 Å². The molecule has 8 heteroatoms. The Morgan fingerprint density at radius 1 is 1.61 bits per heavy atom. The number of aromatic carboxylic acids is 1. The van der Waals surface area contributed by atoms with Crippen molar-refractivity contribution in [3.8, 4) is 0 Å². The highest BCUT2D eigenvalue weighted by Crippen LogP contribution is 2.17. The quantitative estimate of drug-likeness (QED) is 0.667. The van der Waals surface area contributed by atoms with Crippen molar-refractivity contribution in [2.75, 3.05) is 20.3 Å². The fourth-order valence-electron chi connectivity index (χ4n) is 1.16. The Labute approximate surface area is 108 Å². The average Bonchev–Trinajstić information content (AvgIpc) is 2.78. The smallest absolute Gasteiger partial charge is 0.355 e. The van der Waals surface area contributed by atoms with E-state index in [1.807, 2.05) is 0 Å². The summed E-state index contributed by atoms with van der Waals surface area (Å²) in [6, 6.07) is -0.683. The summed E-state index contributed by atoms with van der Waals surface area (Å²) in [7, 11) is 1.55. The van der Waals surface area contributed by atoms with Gasteiger partial charge in [-0.25, -0.2) is 14.6 Å². The van der Waals surface area contributed by atoms with E-state index < -0.39 is 5.97 Å². The second kappa shape index (κ2) is 6.92. The van der Waals surface area contributed by atoms with Crippen molar-refractivity contribution in [3.05, 3.63) is 16.1 Å². The number of hydrogen-bond donors (Lipinski definition) is 3. The van der Waals surface area contributed by atoms with Crippen LogP contribution in [-0.4, -0.2) is 42.4 Å². The fourth-order valence-corrected chi connectivity index (χ4v) is 1.96. The Kier molecular flexibility index (Phi) is 5.53. The molecule has 0 aliphatic carbocycles. The molecule has 1 atom stereocenters. The van der Waals surface area contributed by atoms with Gasteiger partial charge in [-0.1, -0.05) is 0 Å². The van der Waals surface area contributed by atoms with E-state index in [0.717, 1.165) is 0 Å². The van der Waals surface area contributed by atoms with Crippen LogP contribution in [0.1, 0.15) is 28.5 Å². The molecule has 0 aliphatic rings. The summed E-state index contributed by atoms with van der Waals surface area (Å²) in [5.41, 5.74) is -0.0107. The van der Waals surface area contributed by atoms with E-state index in [-0.39, 0.29) is 17.8 Å². The molecular weight excluding hydrogens is 258 g/mol. The average molecular weight is 273 g/mol. The number of urea groups is 1. The molecule has 1 heterocycles. The molecule has 1 rings (SSSR count). The van der Waals surface area contributed by atoms with E-state index in [1.54, 1.807) is 14.0 Å². The van der Waals surface area contributed by atoms with Crippen LogP contribution in [-0.2, 0) is 4.74 Å². The third-order valence-corrected chi connectivity index (χ3v) is 3.08. The Bertz CT molecular complexity index is 421. The van der Waals surface area contributed by atoms with Gasteiger partial charge >= 0.3 is 12.0 Å². The van der Waals surface area contributed by atoms with Crippen LogP contribution in [0.4, 0.5) is 4.79 Å². The van der Waals surface area contributed by atoms with Crippen molar-refractivity contribution in [1.29, 1.82) is 0 Å². The van der Waals surface area contributed by atoms with Crippen LogP contribution in [0.3, 0.4) is 0 Å². The minimum absolute atomic E-state index is 0.0107. The van der Waals surface area contributed by atoms with Gasteiger partial charge in [-0.3, -0.25) is 0 Å². The topological polar surface area (TPSA) is 101 Å². The third-order valence-electron chi connectivity index (χ3n) is 2.05. The van der Waals surface area contributed by atoms with Gasteiger partial charge in [0, 0.05) is 19.0 Å². The molecule has 1 aromatic heterocycles. The molecule has 0 saturated carbocycles. The van der Waals surface area contributed by atoms with Crippen molar-refractivity contribution in [2.24, 2.45) is 0 Å². The van der Waals surface area contributed by atoms with E-state index in [0.29, 0.717) is 18.2 Å². The zero-order valence-corrected chi connectivity index (χ0v) is 10.9. The summed E-state index contributed by atoms with van der Waals surface area (Å²) in [6.07, 6.45) is 0. The molecule has 0 aromatic carbocycles. The molecule has 0 spiro atoms. The Morgan fingerprint density at radius 3 is 2.89 bits per heavy atom. The first-order chi connectivity index (χ1) is 8.54. The summed E-state index contributed by atoms with van der Waals surface area (Å²) in [5, 5.41) is 16.0. The Hall–Kier alpha value is -1.67. The van der Waals surface area contributed by atoms with Crippen molar-refractivity contribution in [2.45, 2.75) is 13.0 Å². The van der Waals surface area contributed by atoms with Gasteiger partial charge in [0.25, 0.3) is 0 Å². The first-order valence-corrected chi connectivity index (χ1v) is 6.14. The van der Waals surface area contributed by atoms with Gasteiger partial charge in [0.15, 0.2) is 5.69 Å². The molecule has 0 saturated heterocycles. The lowest BCUT2D eigenvalue weighted by Crippen LogP contribution is -2.38. The highest BCUT2D eigenvalue weighted by Gasteiger charge is 2.15. The van der Waals surface area contributed by atoms with Crippen LogP contribution >= 0.6 is 11.3 Å². The summed E-state index contributed by atoms with van der Waals surface area (Å²) >= 11 is 1.20. The van der Waals surface area contributed by atoms with Crippen molar-refractivity contribution >= 4 is 23.3 Å². The number of carbonyl (C=O) groups is 2. The number of aromatic nitrogens is 1. The predicted octanol–water partition coefficient (Wildman–Crippen LogP) is 0.848. The highest BCUT2D eigenvalue weighted by atomic mass is 32.1. The van der Waals surface area contributed by atoms with Gasteiger partial charge < -0.3 is 20.5 Å². The van der Waals surface area contributed by atoms with Gasteiger partial charge in [0.05, 0.1) is 12.6 Å². The van der Waals surface area contributed by atoms with Gasteiger partial charge in [-0.05, 0) is 6.92 Å². The number of methoxy groups -OCH3 is 1. The molecule has 0 aliphatic heterocycles. The normalized spacial score (nSPS) is 11.9. The van der Waals surface area contributed by atoms with Gasteiger partial charge in [-0.2, -0.15) is 0 Å². The molecule has 7 nitrogen and oxygen atoms in total. The minimum Gasteiger partial charge on any atom is -0.476 e. The van der Waals surface area contributed by atoms with Gasteiger partial charge in [0.2, 0.25) is 0 Å². The number of nitrogens with one attached hydrogen (secondary N) is 2. The summed E-state index contributed by atoms with van der Waals surface area (Å²) in [6.45, 7) is 2.58. The van der Waals surface area contributed by atoms with E-state index >= 15 is 0 Å². The highest BCUT2D eigenvalue weighted by molar-refractivity contribution is 7.09. The standard InChI is InChI=1S/C10H15N3O4S/c1-6(12-10(16)11-3-4-17-2)8-13-7(5-18-8)9(14)15/h5-6H,3-4H2,1-2H3,(H,14,15)(H2,11,12,16). The van der Waals surface area contributed by atoms with E-state index in [4.69, 9.17) is 9.84 Å². The molecule has 100 valence electrons. The van der Waals surface area contributed by atoms with E-state index in [9.17, 15) is 9.59 Å². The number of carboxylic acid groups (broad SMARTS) is 1. The molecule has 1 unspecified atom stereocenters. The molecule has 2 amide bonds. The van der Waals surface area contributed by atoms with Crippen LogP contribution < -0.4 is 10.6 Å². The summed E-state index contributed by atoms with van der Waals surface area (Å²) in [5.74, 6) is -1.07. The number of carboxylic acids is 1. The summed E-state index contributed by atoms with van der Waals surface area (Å²) < 4.78 is 4.79. The monoisotopic (exact) mass is 273 g/mol.